The molecule has 0 spiro atoms. The standard InChI is InChI=1S/C15H32O2S6.C8H18O2S3/c1-15(2,22-13-11-20-9-7-18-5-3-16)23-14-12-21-10-8-19-6-4-17;9-1-3-11-5-7-13-8-6-12-4-2-10/h16-17H,3-14H2,1-2H3;9-10H,1-8H2. The highest BCUT2D eigenvalue weighted by molar-refractivity contribution is 8.18. The molecule has 4 N–H and O–H groups in total. The van der Waals surface area contributed by atoms with E-state index >= 15 is 0 Å². The Kier molecular flexibility index (Phi) is 41.1. The van der Waals surface area contributed by atoms with Crippen LogP contribution in [0, 0.1) is 0 Å². The molecule has 0 rings (SSSR count). The molecule has 0 unspecified atom stereocenters. The molecule has 0 bridgehead atoms. The van der Waals surface area contributed by atoms with Crippen LogP contribution in [0.5, 0.6) is 0 Å². The molecule has 0 aliphatic carbocycles. The second kappa shape index (κ2) is 36.0. The molecule has 0 aliphatic heterocycles. The van der Waals surface area contributed by atoms with E-state index in [2.05, 4.69) is 37.4 Å². The molecule has 0 aromatic rings. The summed E-state index contributed by atoms with van der Waals surface area (Å²) in [4.78, 5) is 0. The van der Waals surface area contributed by atoms with Crippen LogP contribution in [0.2, 0.25) is 0 Å². The van der Waals surface area contributed by atoms with Crippen molar-refractivity contribution in [2.75, 3.05) is 118 Å². The lowest BCUT2D eigenvalue weighted by Gasteiger charge is -2.23. The summed E-state index contributed by atoms with van der Waals surface area (Å²) >= 11 is 17.4. The second-order valence-corrected chi connectivity index (χ2v) is 19.5. The number of rotatable bonds is 28. The fourth-order valence-corrected chi connectivity index (χ4v) is 11.3. The maximum atomic E-state index is 8.70. The summed E-state index contributed by atoms with van der Waals surface area (Å²) in [6, 6.07) is 0. The van der Waals surface area contributed by atoms with Crippen LogP contribution in [0.1, 0.15) is 13.8 Å². The fraction of sp³-hybridized carbons (Fsp3) is 1.00. The first kappa shape index (κ1) is 41.1. The van der Waals surface area contributed by atoms with Crippen molar-refractivity contribution >= 4 is 106 Å². The smallest absolute Gasteiger partial charge is 0.0555 e. The summed E-state index contributed by atoms with van der Waals surface area (Å²) < 4.78 is 0.318. The van der Waals surface area contributed by atoms with Gasteiger partial charge in [0.05, 0.1) is 30.5 Å². The van der Waals surface area contributed by atoms with E-state index < -0.39 is 0 Å². The zero-order valence-corrected chi connectivity index (χ0v) is 29.5. The zero-order valence-electron chi connectivity index (χ0n) is 22.1. The van der Waals surface area contributed by atoms with Crippen molar-refractivity contribution in [2.45, 2.75) is 17.9 Å². The number of hydrogen-bond donors (Lipinski definition) is 4. The van der Waals surface area contributed by atoms with E-state index in [0.29, 0.717) is 30.5 Å². The molecule has 13 heteroatoms. The van der Waals surface area contributed by atoms with Gasteiger partial charge in [-0.05, 0) is 13.8 Å². The molecule has 220 valence electrons. The maximum absolute atomic E-state index is 8.70. The minimum absolute atomic E-state index is 0.293. The molecule has 0 atom stereocenters. The van der Waals surface area contributed by atoms with Crippen LogP contribution in [0.4, 0.5) is 0 Å². The van der Waals surface area contributed by atoms with Crippen LogP contribution in [0.15, 0.2) is 0 Å². The van der Waals surface area contributed by atoms with Crippen molar-refractivity contribution in [1.29, 1.82) is 0 Å². The van der Waals surface area contributed by atoms with Crippen LogP contribution in [0.25, 0.3) is 0 Å². The molecule has 0 aromatic carbocycles. The molecule has 0 radical (unpaired) electrons. The lowest BCUT2D eigenvalue weighted by Crippen LogP contribution is -2.12. The lowest BCUT2D eigenvalue weighted by atomic mass is 10.5. The van der Waals surface area contributed by atoms with Crippen molar-refractivity contribution in [1.82, 2.24) is 0 Å². The Hall–Kier alpha value is 2.99. The first-order valence-corrected chi connectivity index (χ1v) is 22.3. The summed E-state index contributed by atoms with van der Waals surface area (Å²) in [7, 11) is 0. The molecular weight excluding hydrogens is 629 g/mol. The topological polar surface area (TPSA) is 80.9 Å². The highest BCUT2D eigenvalue weighted by Crippen LogP contribution is 2.37. The average molecular weight is 679 g/mol. The number of aliphatic hydroxyl groups is 4. The maximum Gasteiger partial charge on any atom is 0.0555 e. The Morgan fingerprint density at radius 3 is 0.750 bits per heavy atom. The molecular formula is C23H50O4S9. The molecule has 36 heavy (non-hydrogen) atoms. The molecule has 0 fully saturated rings. The number of hydrogen-bond acceptors (Lipinski definition) is 13. The minimum atomic E-state index is 0.293. The third kappa shape index (κ3) is 39.1. The Morgan fingerprint density at radius 2 is 0.528 bits per heavy atom. The second-order valence-electron chi connectivity index (χ2n) is 7.28. The Morgan fingerprint density at radius 1 is 0.333 bits per heavy atom. The molecule has 0 saturated carbocycles. The fourth-order valence-electron chi connectivity index (χ4n) is 2.18. The largest absolute Gasteiger partial charge is 0.396 e. The van der Waals surface area contributed by atoms with Crippen LogP contribution >= 0.6 is 106 Å². The Bertz CT molecular complexity index is 369. The number of thioether (sulfide) groups is 9. The van der Waals surface area contributed by atoms with E-state index in [9.17, 15) is 0 Å². The summed E-state index contributed by atoms with van der Waals surface area (Å²) in [5, 5.41) is 34.4. The molecule has 0 heterocycles. The molecule has 0 saturated heterocycles. The van der Waals surface area contributed by atoms with Crippen molar-refractivity contribution in [3.8, 4) is 0 Å². The molecule has 0 aromatic heterocycles. The predicted octanol–water partition coefficient (Wildman–Crippen LogP) is 5.28. The van der Waals surface area contributed by atoms with Gasteiger partial charge in [-0.15, -0.1) is 23.5 Å². The highest BCUT2D eigenvalue weighted by atomic mass is 32.2. The van der Waals surface area contributed by atoms with E-state index in [-0.39, 0.29) is 0 Å². The summed E-state index contributed by atoms with van der Waals surface area (Å²) in [6.07, 6.45) is 0. The van der Waals surface area contributed by atoms with E-state index in [4.69, 9.17) is 20.4 Å². The van der Waals surface area contributed by atoms with E-state index in [1.165, 1.54) is 46.0 Å². The van der Waals surface area contributed by atoms with Gasteiger partial charge in [-0.3, -0.25) is 0 Å². The van der Waals surface area contributed by atoms with Gasteiger partial charge < -0.3 is 20.4 Å². The molecule has 0 aliphatic rings. The number of aliphatic hydroxyl groups excluding tert-OH is 4. The van der Waals surface area contributed by atoms with Gasteiger partial charge in [0.1, 0.15) is 0 Å². The van der Waals surface area contributed by atoms with Gasteiger partial charge in [0, 0.05) is 92.0 Å². The van der Waals surface area contributed by atoms with E-state index in [1.807, 2.05) is 58.8 Å². The van der Waals surface area contributed by atoms with Crippen molar-refractivity contribution in [3.63, 3.8) is 0 Å². The van der Waals surface area contributed by atoms with Crippen molar-refractivity contribution < 1.29 is 20.4 Å². The van der Waals surface area contributed by atoms with Gasteiger partial charge in [-0.1, -0.05) is 0 Å². The normalized spacial score (nSPS) is 11.5. The first-order chi connectivity index (χ1) is 17.5. The van der Waals surface area contributed by atoms with Crippen molar-refractivity contribution in [2.24, 2.45) is 0 Å². The Labute approximate surface area is 260 Å². The zero-order chi connectivity index (χ0) is 27.0. The molecule has 4 nitrogen and oxygen atoms in total. The van der Waals surface area contributed by atoms with Gasteiger partial charge in [0.2, 0.25) is 0 Å². The van der Waals surface area contributed by atoms with Gasteiger partial charge in [-0.25, -0.2) is 0 Å². The average Bonchev–Trinajstić information content (AvgIpc) is 2.86. The quantitative estimate of drug-likeness (QED) is 0.0641. The highest BCUT2D eigenvalue weighted by Gasteiger charge is 2.18. The SMILES string of the molecule is CC(C)(SCCSCCSCCO)SCCSCCSCCO.OCCSCCSCCSCCO. The van der Waals surface area contributed by atoms with Crippen molar-refractivity contribution in [3.05, 3.63) is 0 Å². The minimum Gasteiger partial charge on any atom is -0.396 e. The summed E-state index contributed by atoms with van der Waals surface area (Å²) in [5.74, 6) is 17.7. The van der Waals surface area contributed by atoms with E-state index in [1.54, 1.807) is 23.5 Å². The van der Waals surface area contributed by atoms with Gasteiger partial charge >= 0.3 is 0 Å². The summed E-state index contributed by atoms with van der Waals surface area (Å²) in [6.45, 7) is 5.87. The van der Waals surface area contributed by atoms with Crippen LogP contribution in [-0.4, -0.2) is 143 Å². The van der Waals surface area contributed by atoms with Crippen LogP contribution in [-0.2, 0) is 0 Å². The first-order valence-electron chi connectivity index (χ1n) is 12.3. The third-order valence-corrected chi connectivity index (χ3v) is 15.1. The predicted molar refractivity (Wildman–Crippen MR) is 189 cm³/mol. The lowest BCUT2D eigenvalue weighted by molar-refractivity contribution is 0.322. The van der Waals surface area contributed by atoms with Crippen LogP contribution < -0.4 is 0 Å². The van der Waals surface area contributed by atoms with Gasteiger partial charge in [0.15, 0.2) is 0 Å². The van der Waals surface area contributed by atoms with Crippen LogP contribution in [0.3, 0.4) is 0 Å². The van der Waals surface area contributed by atoms with E-state index in [0.717, 1.165) is 46.0 Å². The molecule has 0 amide bonds. The summed E-state index contributed by atoms with van der Waals surface area (Å²) in [5.41, 5.74) is 0. The van der Waals surface area contributed by atoms with Gasteiger partial charge in [-0.2, -0.15) is 82.3 Å². The van der Waals surface area contributed by atoms with Gasteiger partial charge in [0.25, 0.3) is 0 Å². The third-order valence-electron chi connectivity index (χ3n) is 3.79. The Balaban J connectivity index is 0. The monoisotopic (exact) mass is 678 g/mol.